The van der Waals surface area contributed by atoms with E-state index in [1.165, 1.54) is 11.1 Å². The number of nitriles is 1. The lowest BCUT2D eigenvalue weighted by Gasteiger charge is -2.43. The van der Waals surface area contributed by atoms with Crippen LogP contribution >= 0.6 is 0 Å². The van der Waals surface area contributed by atoms with E-state index < -0.39 is 11.0 Å². The molecule has 0 radical (unpaired) electrons. The van der Waals surface area contributed by atoms with Gasteiger partial charge in [-0.25, -0.2) is 0 Å². The first-order valence-electron chi connectivity index (χ1n) is 7.35. The molecular weight excluding hydrogens is 258 g/mol. The van der Waals surface area contributed by atoms with Crippen molar-refractivity contribution in [1.82, 2.24) is 0 Å². The Hall–Kier alpha value is -2.11. The fourth-order valence-electron chi connectivity index (χ4n) is 3.39. The summed E-state index contributed by atoms with van der Waals surface area (Å²) in [5, 5.41) is 21.0. The normalized spacial score (nSPS) is 23.7. The molecule has 0 saturated heterocycles. The van der Waals surface area contributed by atoms with Gasteiger partial charge in [-0.15, -0.1) is 0 Å². The Labute approximate surface area is 125 Å². The maximum Gasteiger partial charge on any atom is 0.106 e. The van der Waals surface area contributed by atoms with Crippen molar-refractivity contribution in [2.45, 2.75) is 31.8 Å². The Morgan fingerprint density at radius 2 is 1.67 bits per heavy atom. The minimum Gasteiger partial charge on any atom is -0.384 e. The molecule has 1 aliphatic rings. The van der Waals surface area contributed by atoms with Crippen molar-refractivity contribution in [2.75, 3.05) is 0 Å². The number of aryl methyl sites for hydroxylation is 1. The van der Waals surface area contributed by atoms with E-state index in [-0.39, 0.29) is 0 Å². The van der Waals surface area contributed by atoms with E-state index in [1.807, 2.05) is 42.5 Å². The smallest absolute Gasteiger partial charge is 0.106 e. The number of rotatable bonds is 2. The van der Waals surface area contributed by atoms with Crippen LogP contribution in [0.5, 0.6) is 0 Å². The highest BCUT2D eigenvalue weighted by Crippen LogP contribution is 2.48. The molecule has 2 atom stereocenters. The van der Waals surface area contributed by atoms with E-state index in [0.717, 1.165) is 12.0 Å². The molecule has 0 fully saturated rings. The van der Waals surface area contributed by atoms with Crippen molar-refractivity contribution in [1.29, 1.82) is 5.26 Å². The van der Waals surface area contributed by atoms with Gasteiger partial charge in [0.2, 0.25) is 0 Å². The maximum atomic E-state index is 11.2. The Bertz CT molecular complexity index is 684. The molecule has 0 saturated carbocycles. The highest BCUT2D eigenvalue weighted by atomic mass is 16.3. The summed E-state index contributed by atoms with van der Waals surface area (Å²) in [5.41, 5.74) is 1.36. The van der Waals surface area contributed by atoms with Crippen molar-refractivity contribution >= 4 is 0 Å². The van der Waals surface area contributed by atoms with Crippen LogP contribution in [0.1, 0.15) is 30.0 Å². The van der Waals surface area contributed by atoms with Gasteiger partial charge in [-0.1, -0.05) is 54.6 Å². The molecule has 2 unspecified atom stereocenters. The summed E-state index contributed by atoms with van der Waals surface area (Å²) in [6.07, 6.45) is 2.12. The SMILES string of the molecule is CC(O)(c1ccccc1)C1(C#N)CCc2ccccc2C1. The minimum absolute atomic E-state index is 0.599. The number of hydrogen-bond acceptors (Lipinski definition) is 2. The number of hydrogen-bond donors (Lipinski definition) is 1. The van der Waals surface area contributed by atoms with Gasteiger partial charge < -0.3 is 5.11 Å². The first-order valence-corrected chi connectivity index (χ1v) is 7.35. The van der Waals surface area contributed by atoms with E-state index in [9.17, 15) is 10.4 Å². The lowest BCUT2D eigenvalue weighted by molar-refractivity contribution is -0.0525. The second kappa shape index (κ2) is 5.02. The quantitative estimate of drug-likeness (QED) is 0.911. The molecule has 2 aromatic rings. The standard InChI is InChI=1S/C19H19NO/c1-18(21,17-9-3-2-4-10-17)19(14-20)12-11-15-7-5-6-8-16(15)13-19/h2-10,21H,11-13H2,1H3. The summed E-state index contributed by atoms with van der Waals surface area (Å²) < 4.78 is 0. The molecule has 21 heavy (non-hydrogen) atoms. The third-order valence-electron chi connectivity index (χ3n) is 4.91. The fraction of sp³-hybridized carbons (Fsp3) is 0.316. The minimum atomic E-state index is -1.16. The number of nitrogens with zero attached hydrogens (tertiary/aromatic N) is 1. The molecule has 0 amide bonds. The zero-order valence-corrected chi connectivity index (χ0v) is 12.2. The molecule has 106 valence electrons. The van der Waals surface area contributed by atoms with Crippen LogP contribution in [0.3, 0.4) is 0 Å². The van der Waals surface area contributed by atoms with Crippen molar-refractivity contribution in [3.63, 3.8) is 0 Å². The maximum absolute atomic E-state index is 11.2. The van der Waals surface area contributed by atoms with Gasteiger partial charge >= 0.3 is 0 Å². The number of benzene rings is 2. The lowest BCUT2D eigenvalue weighted by atomic mass is 9.61. The summed E-state index contributed by atoms with van der Waals surface area (Å²) >= 11 is 0. The van der Waals surface area contributed by atoms with Gasteiger partial charge in [0, 0.05) is 0 Å². The van der Waals surface area contributed by atoms with E-state index in [0.29, 0.717) is 12.8 Å². The van der Waals surface area contributed by atoms with Crippen LogP contribution in [0.25, 0.3) is 0 Å². The average molecular weight is 277 g/mol. The predicted octanol–water partition coefficient (Wildman–Crippen LogP) is 3.59. The number of aliphatic hydroxyl groups is 1. The Morgan fingerprint density at radius 3 is 2.33 bits per heavy atom. The van der Waals surface area contributed by atoms with E-state index in [1.54, 1.807) is 6.92 Å². The molecule has 0 spiro atoms. The molecule has 0 heterocycles. The molecule has 1 aliphatic carbocycles. The second-order valence-electron chi connectivity index (χ2n) is 6.08. The Kier molecular flexibility index (Phi) is 3.31. The van der Waals surface area contributed by atoms with Gasteiger partial charge in [-0.2, -0.15) is 5.26 Å². The highest BCUT2D eigenvalue weighted by molar-refractivity contribution is 5.37. The molecule has 3 rings (SSSR count). The Morgan fingerprint density at radius 1 is 1.05 bits per heavy atom. The van der Waals surface area contributed by atoms with Crippen LogP contribution in [0.15, 0.2) is 54.6 Å². The first kappa shape index (κ1) is 13.9. The summed E-state index contributed by atoms with van der Waals surface area (Å²) in [6, 6.07) is 20.2. The van der Waals surface area contributed by atoms with Crippen LogP contribution < -0.4 is 0 Å². The second-order valence-corrected chi connectivity index (χ2v) is 6.08. The van der Waals surface area contributed by atoms with Gasteiger partial charge in [-0.05, 0) is 42.9 Å². The summed E-state index contributed by atoms with van der Waals surface area (Å²) in [5.74, 6) is 0. The van der Waals surface area contributed by atoms with Crippen LogP contribution in [-0.2, 0) is 18.4 Å². The van der Waals surface area contributed by atoms with Crippen molar-refractivity contribution < 1.29 is 5.11 Å². The fourth-order valence-corrected chi connectivity index (χ4v) is 3.39. The van der Waals surface area contributed by atoms with Crippen molar-refractivity contribution in [3.8, 4) is 6.07 Å². The summed E-state index contributed by atoms with van der Waals surface area (Å²) in [6.45, 7) is 1.78. The molecule has 2 aromatic carbocycles. The topological polar surface area (TPSA) is 44.0 Å². The van der Waals surface area contributed by atoms with Crippen LogP contribution in [0, 0.1) is 16.7 Å². The molecular formula is C19H19NO. The van der Waals surface area contributed by atoms with Gasteiger partial charge in [0.1, 0.15) is 5.60 Å². The van der Waals surface area contributed by atoms with Crippen LogP contribution in [0.2, 0.25) is 0 Å². The Balaban J connectivity index is 2.05. The average Bonchev–Trinajstić information content (AvgIpc) is 2.55. The van der Waals surface area contributed by atoms with Crippen molar-refractivity contribution in [3.05, 3.63) is 71.3 Å². The van der Waals surface area contributed by atoms with Gasteiger partial charge in [0.25, 0.3) is 0 Å². The van der Waals surface area contributed by atoms with Crippen LogP contribution in [0.4, 0.5) is 0 Å². The van der Waals surface area contributed by atoms with E-state index >= 15 is 0 Å². The summed E-state index contributed by atoms with van der Waals surface area (Å²) in [7, 11) is 0. The highest BCUT2D eigenvalue weighted by Gasteiger charge is 2.50. The molecule has 2 heteroatoms. The molecule has 1 N–H and O–H groups in total. The monoisotopic (exact) mass is 277 g/mol. The van der Waals surface area contributed by atoms with Gasteiger partial charge in [0.05, 0.1) is 11.5 Å². The third kappa shape index (κ3) is 2.14. The largest absolute Gasteiger partial charge is 0.384 e. The van der Waals surface area contributed by atoms with E-state index in [4.69, 9.17) is 0 Å². The molecule has 0 aliphatic heterocycles. The van der Waals surface area contributed by atoms with Gasteiger partial charge in [0.15, 0.2) is 0 Å². The number of fused-ring (bicyclic) bond motifs is 1. The summed E-state index contributed by atoms with van der Waals surface area (Å²) in [4.78, 5) is 0. The zero-order chi connectivity index (χ0) is 14.9. The molecule has 2 nitrogen and oxygen atoms in total. The van der Waals surface area contributed by atoms with E-state index in [2.05, 4.69) is 18.2 Å². The third-order valence-corrected chi connectivity index (χ3v) is 4.91. The predicted molar refractivity (Wildman–Crippen MR) is 82.5 cm³/mol. The van der Waals surface area contributed by atoms with Crippen LogP contribution in [-0.4, -0.2) is 5.11 Å². The molecule has 0 bridgehead atoms. The molecule has 0 aromatic heterocycles. The zero-order valence-electron chi connectivity index (χ0n) is 12.2. The first-order chi connectivity index (χ1) is 10.1. The lowest BCUT2D eigenvalue weighted by Crippen LogP contribution is -2.46. The van der Waals surface area contributed by atoms with Gasteiger partial charge in [-0.3, -0.25) is 0 Å². The van der Waals surface area contributed by atoms with Crippen molar-refractivity contribution in [2.24, 2.45) is 5.41 Å².